The van der Waals surface area contributed by atoms with Gasteiger partial charge in [0.15, 0.2) is 0 Å². The number of nitrogens with zero attached hydrogens (tertiary/aromatic N) is 6. The molecular weight excluding hydrogens is 256 g/mol. The van der Waals surface area contributed by atoms with E-state index >= 15 is 0 Å². The second-order valence-corrected chi connectivity index (χ2v) is 4.25. The first-order valence-corrected chi connectivity index (χ1v) is 6.26. The van der Waals surface area contributed by atoms with Gasteiger partial charge in [-0.2, -0.15) is 10.2 Å². The minimum absolute atomic E-state index is 0.676. The van der Waals surface area contributed by atoms with Crippen LogP contribution in [0.15, 0.2) is 34.6 Å². The van der Waals surface area contributed by atoms with Crippen molar-refractivity contribution in [1.82, 2.24) is 25.2 Å². The number of aryl methyl sites for hydroxylation is 1. The molecule has 0 saturated heterocycles. The lowest BCUT2D eigenvalue weighted by atomic mass is 10.3. The van der Waals surface area contributed by atoms with Crippen LogP contribution < -0.4 is 5.32 Å². The SMILES string of the molecule is CCNc1[nH]ncc1N=Nc1ccc2nnn(C)c2c1. The molecule has 2 heterocycles. The van der Waals surface area contributed by atoms with Crippen LogP contribution in [0.3, 0.4) is 0 Å². The van der Waals surface area contributed by atoms with E-state index in [-0.39, 0.29) is 0 Å². The Labute approximate surface area is 114 Å². The summed E-state index contributed by atoms with van der Waals surface area (Å²) in [6.07, 6.45) is 1.63. The summed E-state index contributed by atoms with van der Waals surface area (Å²) in [5.74, 6) is 0.763. The van der Waals surface area contributed by atoms with Crippen molar-refractivity contribution in [2.45, 2.75) is 6.92 Å². The van der Waals surface area contributed by atoms with Gasteiger partial charge in [-0.1, -0.05) is 5.21 Å². The Hall–Kier alpha value is -2.77. The first-order chi connectivity index (χ1) is 9.78. The zero-order valence-corrected chi connectivity index (χ0v) is 11.2. The fraction of sp³-hybridized carbons (Fsp3) is 0.250. The lowest BCUT2D eigenvalue weighted by Crippen LogP contribution is -1.96. The summed E-state index contributed by atoms with van der Waals surface area (Å²) in [5, 5.41) is 26.3. The van der Waals surface area contributed by atoms with Crippen LogP contribution in [0.1, 0.15) is 6.92 Å². The summed E-state index contributed by atoms with van der Waals surface area (Å²) in [5.41, 5.74) is 3.17. The Bertz CT molecular complexity index is 754. The van der Waals surface area contributed by atoms with E-state index in [9.17, 15) is 0 Å². The van der Waals surface area contributed by atoms with Crippen molar-refractivity contribution < 1.29 is 0 Å². The Balaban J connectivity index is 1.89. The largest absolute Gasteiger partial charge is 0.369 e. The quantitative estimate of drug-likeness (QED) is 0.712. The number of rotatable bonds is 4. The van der Waals surface area contributed by atoms with Gasteiger partial charge in [0.1, 0.15) is 17.0 Å². The highest BCUT2D eigenvalue weighted by Gasteiger charge is 2.04. The summed E-state index contributed by atoms with van der Waals surface area (Å²) in [6, 6.07) is 5.62. The Morgan fingerprint density at radius 3 is 3.10 bits per heavy atom. The predicted molar refractivity (Wildman–Crippen MR) is 75.4 cm³/mol. The molecule has 3 aromatic rings. The molecule has 0 amide bonds. The third kappa shape index (κ3) is 2.22. The number of aromatic nitrogens is 5. The zero-order chi connectivity index (χ0) is 13.9. The number of H-pyrrole nitrogens is 1. The van der Waals surface area contributed by atoms with Gasteiger partial charge in [-0.05, 0) is 25.1 Å². The second-order valence-electron chi connectivity index (χ2n) is 4.25. The van der Waals surface area contributed by atoms with Gasteiger partial charge in [0.05, 0.1) is 17.4 Å². The maximum Gasteiger partial charge on any atom is 0.149 e. The van der Waals surface area contributed by atoms with Crippen molar-refractivity contribution in [1.29, 1.82) is 0 Å². The molecular formula is C12H14N8. The van der Waals surface area contributed by atoms with Gasteiger partial charge in [-0.25, -0.2) is 4.68 Å². The average Bonchev–Trinajstić information content (AvgIpc) is 3.05. The van der Waals surface area contributed by atoms with Gasteiger partial charge in [-0.3, -0.25) is 5.10 Å². The maximum absolute atomic E-state index is 4.22. The summed E-state index contributed by atoms with van der Waals surface area (Å²) in [6.45, 7) is 2.79. The van der Waals surface area contributed by atoms with E-state index in [1.807, 2.05) is 32.2 Å². The van der Waals surface area contributed by atoms with E-state index in [1.165, 1.54) is 0 Å². The van der Waals surface area contributed by atoms with Crippen LogP contribution in [-0.4, -0.2) is 31.7 Å². The standard InChI is InChI=1S/C12H14N8/c1-3-13-12-10(7-14-18-12)16-15-8-4-5-9-11(6-8)20(2)19-17-9/h4-7H,3H2,1-2H3,(H2,13,14,18). The molecule has 0 bridgehead atoms. The number of benzene rings is 1. The first kappa shape index (κ1) is 12.3. The molecule has 0 atom stereocenters. The molecule has 0 unspecified atom stereocenters. The Kier molecular flexibility index (Phi) is 3.12. The third-order valence-electron chi connectivity index (χ3n) is 2.84. The number of anilines is 1. The molecule has 3 rings (SSSR count). The van der Waals surface area contributed by atoms with Crippen molar-refractivity contribution in [2.24, 2.45) is 17.3 Å². The van der Waals surface area contributed by atoms with E-state index in [4.69, 9.17) is 0 Å². The molecule has 0 spiro atoms. The smallest absolute Gasteiger partial charge is 0.149 e. The Morgan fingerprint density at radius 2 is 2.25 bits per heavy atom. The highest BCUT2D eigenvalue weighted by Crippen LogP contribution is 2.25. The molecule has 0 aliphatic rings. The lowest BCUT2D eigenvalue weighted by Gasteiger charge is -1.98. The van der Waals surface area contributed by atoms with Crippen molar-refractivity contribution >= 4 is 28.2 Å². The molecule has 2 aromatic heterocycles. The van der Waals surface area contributed by atoms with Crippen LogP contribution in [-0.2, 0) is 7.05 Å². The van der Waals surface area contributed by atoms with Crippen LogP contribution >= 0.6 is 0 Å². The predicted octanol–water partition coefficient (Wildman–Crippen LogP) is 2.54. The van der Waals surface area contributed by atoms with Gasteiger partial charge in [0, 0.05) is 13.6 Å². The number of hydrogen-bond donors (Lipinski definition) is 2. The van der Waals surface area contributed by atoms with Crippen LogP contribution in [0.4, 0.5) is 17.2 Å². The minimum atomic E-state index is 0.676. The van der Waals surface area contributed by atoms with Crippen LogP contribution in [0.2, 0.25) is 0 Å². The maximum atomic E-state index is 4.22. The number of hydrogen-bond acceptors (Lipinski definition) is 6. The van der Waals surface area contributed by atoms with Crippen LogP contribution in [0, 0.1) is 0 Å². The average molecular weight is 270 g/mol. The van der Waals surface area contributed by atoms with Crippen LogP contribution in [0.25, 0.3) is 11.0 Å². The number of fused-ring (bicyclic) bond motifs is 1. The van der Waals surface area contributed by atoms with Gasteiger partial charge in [-0.15, -0.1) is 10.2 Å². The molecule has 102 valence electrons. The van der Waals surface area contributed by atoms with E-state index in [0.29, 0.717) is 5.69 Å². The fourth-order valence-electron chi connectivity index (χ4n) is 1.86. The minimum Gasteiger partial charge on any atom is -0.369 e. The fourth-order valence-corrected chi connectivity index (χ4v) is 1.86. The van der Waals surface area contributed by atoms with Gasteiger partial charge < -0.3 is 5.32 Å². The number of azo groups is 1. The molecule has 8 nitrogen and oxygen atoms in total. The molecule has 1 aromatic carbocycles. The van der Waals surface area contributed by atoms with E-state index in [2.05, 4.69) is 36.1 Å². The molecule has 0 aliphatic heterocycles. The van der Waals surface area contributed by atoms with Gasteiger partial charge in [0.25, 0.3) is 0 Å². The highest BCUT2D eigenvalue weighted by atomic mass is 15.4. The van der Waals surface area contributed by atoms with Crippen molar-refractivity contribution in [3.63, 3.8) is 0 Å². The zero-order valence-electron chi connectivity index (χ0n) is 11.2. The monoisotopic (exact) mass is 270 g/mol. The highest BCUT2D eigenvalue weighted by molar-refractivity contribution is 5.77. The number of aromatic amines is 1. The van der Waals surface area contributed by atoms with E-state index < -0.39 is 0 Å². The lowest BCUT2D eigenvalue weighted by molar-refractivity contribution is 0.736. The van der Waals surface area contributed by atoms with Gasteiger partial charge >= 0.3 is 0 Å². The molecule has 0 radical (unpaired) electrons. The van der Waals surface area contributed by atoms with Crippen molar-refractivity contribution in [2.75, 3.05) is 11.9 Å². The van der Waals surface area contributed by atoms with Gasteiger partial charge in [0.2, 0.25) is 0 Å². The summed E-state index contributed by atoms with van der Waals surface area (Å²) in [7, 11) is 1.84. The second kappa shape index (κ2) is 5.08. The normalized spacial score (nSPS) is 11.5. The first-order valence-electron chi connectivity index (χ1n) is 6.26. The summed E-state index contributed by atoms with van der Waals surface area (Å²) >= 11 is 0. The van der Waals surface area contributed by atoms with Crippen molar-refractivity contribution in [3.8, 4) is 0 Å². The third-order valence-corrected chi connectivity index (χ3v) is 2.84. The molecule has 8 heteroatoms. The van der Waals surface area contributed by atoms with Crippen molar-refractivity contribution in [3.05, 3.63) is 24.4 Å². The summed E-state index contributed by atoms with van der Waals surface area (Å²) in [4.78, 5) is 0. The van der Waals surface area contributed by atoms with E-state index in [0.717, 1.165) is 29.1 Å². The topological polar surface area (TPSA) is 96.1 Å². The Morgan fingerprint density at radius 1 is 1.35 bits per heavy atom. The molecule has 0 aliphatic carbocycles. The molecule has 0 saturated carbocycles. The van der Waals surface area contributed by atoms with E-state index in [1.54, 1.807) is 10.9 Å². The molecule has 2 N–H and O–H groups in total. The van der Waals surface area contributed by atoms with Crippen LogP contribution in [0.5, 0.6) is 0 Å². The molecule has 0 fully saturated rings. The number of nitrogens with one attached hydrogen (secondary N) is 2. The summed E-state index contributed by atoms with van der Waals surface area (Å²) < 4.78 is 1.70. The molecule has 20 heavy (non-hydrogen) atoms.